The van der Waals surface area contributed by atoms with Gasteiger partial charge in [0.05, 0.1) is 0 Å². The molecule has 0 aliphatic carbocycles. The molecule has 1 amide bonds. The zero-order valence-corrected chi connectivity index (χ0v) is 13.8. The number of phenolic OH excluding ortho intramolecular Hbond substituents is 1. The fraction of sp³-hybridized carbons (Fsp3) is 0.438. The summed E-state index contributed by atoms with van der Waals surface area (Å²) in [5, 5.41) is 18.9. The van der Waals surface area contributed by atoms with Gasteiger partial charge >= 0.3 is 5.97 Å². The Morgan fingerprint density at radius 1 is 1.35 bits per heavy atom. The van der Waals surface area contributed by atoms with Crippen LogP contribution >= 0.6 is 11.8 Å². The Bertz CT molecular complexity index is 645. The number of carbonyl (C=O) groups excluding carboxylic acids is 2. The number of thioether (sulfide) groups is 1. The van der Waals surface area contributed by atoms with E-state index in [1.807, 2.05) is 0 Å². The third-order valence-corrected chi connectivity index (χ3v) is 4.92. The maximum atomic E-state index is 12.6. The van der Waals surface area contributed by atoms with Gasteiger partial charge in [0, 0.05) is 31.6 Å². The van der Waals surface area contributed by atoms with E-state index in [0.29, 0.717) is 5.75 Å². The second kappa shape index (κ2) is 7.04. The molecule has 0 spiro atoms. The zero-order chi connectivity index (χ0) is 17.1. The predicted molar refractivity (Wildman–Crippen MR) is 86.1 cm³/mol. The number of hydrogen-bond acceptors (Lipinski definition) is 5. The van der Waals surface area contributed by atoms with Gasteiger partial charge in [-0.3, -0.25) is 9.59 Å². The van der Waals surface area contributed by atoms with Gasteiger partial charge in [-0.05, 0) is 23.3 Å². The molecule has 0 fully saturated rings. The summed E-state index contributed by atoms with van der Waals surface area (Å²) in [6, 6.07) is 3.84. The minimum atomic E-state index is -1.05. The lowest BCUT2D eigenvalue weighted by Crippen LogP contribution is -2.50. The van der Waals surface area contributed by atoms with Gasteiger partial charge in [0.2, 0.25) is 5.91 Å². The number of hydrogen-bond donors (Lipinski definition) is 2. The van der Waals surface area contributed by atoms with Crippen LogP contribution < -0.4 is 0 Å². The lowest BCUT2D eigenvalue weighted by Gasteiger charge is -2.36. The third kappa shape index (κ3) is 4.04. The number of aromatic hydroxyl groups is 1. The van der Waals surface area contributed by atoms with Crippen molar-refractivity contribution in [2.75, 3.05) is 5.75 Å². The molecule has 2 atom stereocenters. The summed E-state index contributed by atoms with van der Waals surface area (Å²) in [5.74, 6) is -1.39. The van der Waals surface area contributed by atoms with Crippen molar-refractivity contribution < 1.29 is 24.6 Å². The largest absolute Gasteiger partial charge is 0.508 e. The van der Waals surface area contributed by atoms with E-state index in [9.17, 15) is 24.6 Å². The smallest absolute Gasteiger partial charge is 0.326 e. The minimum absolute atomic E-state index is 0.0756. The van der Waals surface area contributed by atoms with Crippen LogP contribution in [0.4, 0.5) is 0 Å². The van der Waals surface area contributed by atoms with E-state index in [0.717, 1.165) is 22.9 Å². The highest BCUT2D eigenvalue weighted by Crippen LogP contribution is 2.28. The van der Waals surface area contributed by atoms with Crippen LogP contribution in [-0.4, -0.2) is 43.9 Å². The second-order valence-corrected chi connectivity index (χ2v) is 6.88. The van der Waals surface area contributed by atoms with Crippen LogP contribution in [0, 0.1) is 5.92 Å². The molecule has 0 radical (unpaired) electrons. The van der Waals surface area contributed by atoms with Crippen molar-refractivity contribution in [2.45, 2.75) is 32.9 Å². The summed E-state index contributed by atoms with van der Waals surface area (Å²) in [6.07, 6.45) is 0.212. The molecule has 0 saturated heterocycles. The molecule has 2 N–H and O–H groups in total. The average Bonchev–Trinajstić information content (AvgIpc) is 2.50. The van der Waals surface area contributed by atoms with E-state index < -0.39 is 17.9 Å². The number of rotatable bonds is 4. The van der Waals surface area contributed by atoms with Crippen LogP contribution in [-0.2, 0) is 27.3 Å². The molecule has 0 saturated carbocycles. The summed E-state index contributed by atoms with van der Waals surface area (Å²) < 4.78 is 0. The van der Waals surface area contributed by atoms with Crippen LogP contribution in [0.25, 0.3) is 0 Å². The van der Waals surface area contributed by atoms with Crippen LogP contribution in [0.1, 0.15) is 25.0 Å². The first-order chi connectivity index (χ1) is 10.8. The Labute approximate surface area is 138 Å². The van der Waals surface area contributed by atoms with Gasteiger partial charge in [-0.15, -0.1) is 0 Å². The van der Waals surface area contributed by atoms with Crippen molar-refractivity contribution in [1.29, 1.82) is 0 Å². The third-order valence-electron chi connectivity index (χ3n) is 3.85. The van der Waals surface area contributed by atoms with Gasteiger partial charge in [-0.1, -0.05) is 24.8 Å². The highest BCUT2D eigenvalue weighted by Gasteiger charge is 2.36. The van der Waals surface area contributed by atoms with Crippen molar-refractivity contribution in [3.63, 3.8) is 0 Å². The molecule has 7 heteroatoms. The summed E-state index contributed by atoms with van der Waals surface area (Å²) in [4.78, 5) is 36.5. The quantitative estimate of drug-likeness (QED) is 0.867. The zero-order valence-electron chi connectivity index (χ0n) is 13.0. The van der Waals surface area contributed by atoms with Gasteiger partial charge in [0.15, 0.2) is 5.12 Å². The van der Waals surface area contributed by atoms with Crippen LogP contribution in [0.3, 0.4) is 0 Å². The van der Waals surface area contributed by atoms with E-state index in [1.165, 1.54) is 17.9 Å². The number of fused-ring (bicyclic) bond motifs is 1. The van der Waals surface area contributed by atoms with Crippen molar-refractivity contribution >= 4 is 28.8 Å². The van der Waals surface area contributed by atoms with Gasteiger partial charge in [-0.2, -0.15) is 0 Å². The summed E-state index contributed by atoms with van der Waals surface area (Å²) in [5.41, 5.74) is 1.58. The first kappa shape index (κ1) is 17.3. The number of carboxylic acids is 1. The number of nitrogens with zero attached hydrogens (tertiary/aromatic N) is 1. The molecule has 1 heterocycles. The number of carboxylic acid groups (broad SMARTS) is 1. The van der Waals surface area contributed by atoms with Crippen LogP contribution in [0.15, 0.2) is 18.2 Å². The molecule has 6 nitrogen and oxygen atoms in total. The maximum absolute atomic E-state index is 12.6. The SMILES string of the molecule is CC(=O)SCC(C)C(=O)N1Cc2cc(O)ccc2CC1C(=O)O. The lowest BCUT2D eigenvalue weighted by molar-refractivity contribution is -0.152. The molecular formula is C16H19NO5S. The van der Waals surface area contributed by atoms with Crippen molar-refractivity contribution in [3.8, 4) is 5.75 Å². The molecule has 0 bridgehead atoms. The highest BCUT2D eigenvalue weighted by atomic mass is 32.2. The molecule has 2 unspecified atom stereocenters. The van der Waals surface area contributed by atoms with E-state index in [-0.39, 0.29) is 29.7 Å². The van der Waals surface area contributed by atoms with E-state index in [1.54, 1.807) is 19.1 Å². The Morgan fingerprint density at radius 3 is 2.65 bits per heavy atom. The molecule has 2 rings (SSSR count). The molecule has 1 aliphatic heterocycles. The molecule has 1 aromatic carbocycles. The molecule has 124 valence electrons. The number of amides is 1. The minimum Gasteiger partial charge on any atom is -0.508 e. The first-order valence-corrected chi connectivity index (χ1v) is 8.25. The monoisotopic (exact) mass is 337 g/mol. The van der Waals surface area contributed by atoms with E-state index in [4.69, 9.17) is 0 Å². The summed E-state index contributed by atoms with van der Waals surface area (Å²) in [7, 11) is 0. The van der Waals surface area contributed by atoms with Crippen molar-refractivity contribution in [2.24, 2.45) is 5.92 Å². The second-order valence-electron chi connectivity index (χ2n) is 5.68. The molecule has 1 aromatic rings. The number of phenols is 1. The van der Waals surface area contributed by atoms with Crippen LogP contribution in [0.5, 0.6) is 5.75 Å². The molecule has 0 aromatic heterocycles. The summed E-state index contributed by atoms with van der Waals surface area (Å²) >= 11 is 1.06. The van der Waals surface area contributed by atoms with E-state index >= 15 is 0 Å². The van der Waals surface area contributed by atoms with Gasteiger partial charge in [-0.25, -0.2) is 4.79 Å². The molecule has 1 aliphatic rings. The van der Waals surface area contributed by atoms with Crippen LogP contribution in [0.2, 0.25) is 0 Å². The predicted octanol–water partition coefficient (Wildman–Crippen LogP) is 1.65. The number of benzene rings is 1. The van der Waals surface area contributed by atoms with Gasteiger partial charge in [0.25, 0.3) is 0 Å². The molecule has 23 heavy (non-hydrogen) atoms. The Kier molecular flexibility index (Phi) is 5.30. The number of aliphatic carboxylic acids is 1. The van der Waals surface area contributed by atoms with Crippen molar-refractivity contribution in [3.05, 3.63) is 29.3 Å². The van der Waals surface area contributed by atoms with Gasteiger partial charge in [0.1, 0.15) is 11.8 Å². The van der Waals surface area contributed by atoms with Crippen molar-refractivity contribution in [1.82, 2.24) is 4.90 Å². The summed E-state index contributed by atoms with van der Waals surface area (Å²) in [6.45, 7) is 3.27. The average molecular weight is 337 g/mol. The Morgan fingerprint density at radius 2 is 2.04 bits per heavy atom. The topological polar surface area (TPSA) is 94.9 Å². The van der Waals surface area contributed by atoms with E-state index in [2.05, 4.69) is 0 Å². The highest BCUT2D eigenvalue weighted by molar-refractivity contribution is 8.13. The van der Waals surface area contributed by atoms with Gasteiger partial charge < -0.3 is 15.1 Å². The lowest BCUT2D eigenvalue weighted by atomic mass is 9.92. The maximum Gasteiger partial charge on any atom is 0.326 e. The Hall–Kier alpha value is -2.02. The standard InChI is InChI=1S/C16H19NO5S/c1-9(8-23-10(2)18)15(20)17-7-12-5-13(19)4-3-11(12)6-14(17)16(21)22/h3-5,9,14,19H,6-8H2,1-2H3,(H,21,22). The normalized spacial score (nSPS) is 18.2. The number of carbonyl (C=O) groups is 3. The first-order valence-electron chi connectivity index (χ1n) is 7.27. The molecular weight excluding hydrogens is 318 g/mol. The fourth-order valence-corrected chi connectivity index (χ4v) is 3.25. The fourth-order valence-electron chi connectivity index (χ4n) is 2.62. The Balaban J connectivity index is 2.22.